The van der Waals surface area contributed by atoms with Crippen LogP contribution < -0.4 is 0 Å². The van der Waals surface area contributed by atoms with Crippen LogP contribution in [-0.4, -0.2) is 4.98 Å². The third kappa shape index (κ3) is 2.78. The Morgan fingerprint density at radius 3 is 2.88 bits per heavy atom. The highest BCUT2D eigenvalue weighted by Crippen LogP contribution is 2.34. The highest BCUT2D eigenvalue weighted by atomic mass is 79.9. The van der Waals surface area contributed by atoms with E-state index >= 15 is 0 Å². The quantitative estimate of drug-likeness (QED) is 0.777. The van der Waals surface area contributed by atoms with E-state index < -0.39 is 0 Å². The molecule has 0 aliphatic carbocycles. The summed E-state index contributed by atoms with van der Waals surface area (Å²) >= 11 is 11.1. The van der Waals surface area contributed by atoms with Crippen LogP contribution in [0.5, 0.6) is 0 Å². The van der Waals surface area contributed by atoms with Crippen LogP contribution in [-0.2, 0) is 0 Å². The molecule has 0 radical (unpaired) electrons. The fourth-order valence-electron chi connectivity index (χ4n) is 1.23. The van der Waals surface area contributed by atoms with Crippen LogP contribution in [0.1, 0.15) is 5.56 Å². The van der Waals surface area contributed by atoms with E-state index in [1.807, 2.05) is 43.5 Å². The summed E-state index contributed by atoms with van der Waals surface area (Å²) in [4.78, 5) is 5.43. The van der Waals surface area contributed by atoms with E-state index in [4.69, 9.17) is 11.6 Å². The molecule has 0 spiro atoms. The summed E-state index contributed by atoms with van der Waals surface area (Å²) in [6.07, 6.45) is 1.81. The Balaban J connectivity index is 2.31. The normalized spacial score (nSPS) is 10.4. The van der Waals surface area contributed by atoms with E-state index in [1.165, 1.54) is 5.56 Å². The molecule has 1 heterocycles. The fourth-order valence-corrected chi connectivity index (χ4v) is 2.88. The number of halogens is 2. The summed E-state index contributed by atoms with van der Waals surface area (Å²) in [5.41, 5.74) is 1.18. The van der Waals surface area contributed by atoms with Crippen molar-refractivity contribution in [3.05, 3.63) is 51.6 Å². The summed E-state index contributed by atoms with van der Waals surface area (Å²) < 4.78 is 1.04. The first kappa shape index (κ1) is 12.0. The van der Waals surface area contributed by atoms with E-state index in [0.29, 0.717) is 0 Å². The van der Waals surface area contributed by atoms with Crippen molar-refractivity contribution >= 4 is 39.3 Å². The summed E-state index contributed by atoms with van der Waals surface area (Å²) in [6.45, 7) is 2.05. The molecule has 82 valence electrons. The van der Waals surface area contributed by atoms with E-state index in [2.05, 4.69) is 20.9 Å². The Kier molecular flexibility index (Phi) is 3.90. The van der Waals surface area contributed by atoms with Gasteiger partial charge in [0.25, 0.3) is 0 Å². The molecule has 16 heavy (non-hydrogen) atoms. The minimum atomic E-state index is 0.744. The summed E-state index contributed by atoms with van der Waals surface area (Å²) in [7, 11) is 0. The molecule has 1 nitrogen and oxygen atoms in total. The Labute approximate surface area is 112 Å². The van der Waals surface area contributed by atoms with Gasteiger partial charge in [0.15, 0.2) is 0 Å². The number of aromatic nitrogens is 1. The smallest absolute Gasteiger partial charge is 0.115 e. The van der Waals surface area contributed by atoms with Gasteiger partial charge in [0.05, 0.1) is 4.47 Å². The zero-order valence-electron chi connectivity index (χ0n) is 8.58. The van der Waals surface area contributed by atoms with Gasteiger partial charge in [0, 0.05) is 16.1 Å². The molecule has 0 fully saturated rings. The lowest BCUT2D eigenvalue weighted by molar-refractivity contribution is 1.08. The number of pyridine rings is 1. The molecule has 0 saturated heterocycles. The first-order chi connectivity index (χ1) is 7.66. The van der Waals surface area contributed by atoms with Gasteiger partial charge in [0.1, 0.15) is 5.03 Å². The fraction of sp³-hybridized carbons (Fsp3) is 0.0833. The molecular formula is C12H9BrClNS. The van der Waals surface area contributed by atoms with Crippen LogP contribution in [0.4, 0.5) is 0 Å². The zero-order valence-corrected chi connectivity index (χ0v) is 11.7. The minimum Gasteiger partial charge on any atom is -0.248 e. The molecule has 0 aliphatic heterocycles. The van der Waals surface area contributed by atoms with Gasteiger partial charge >= 0.3 is 0 Å². The van der Waals surface area contributed by atoms with Crippen molar-refractivity contribution in [2.45, 2.75) is 16.8 Å². The second kappa shape index (κ2) is 5.21. The average molecular weight is 315 g/mol. The molecule has 2 rings (SSSR count). The summed E-state index contributed by atoms with van der Waals surface area (Å²) in [5, 5.41) is 1.70. The largest absolute Gasteiger partial charge is 0.248 e. The van der Waals surface area contributed by atoms with Crippen molar-refractivity contribution < 1.29 is 0 Å². The van der Waals surface area contributed by atoms with Crippen molar-refractivity contribution in [3.63, 3.8) is 0 Å². The Hall–Kier alpha value is -0.510. The lowest BCUT2D eigenvalue weighted by Crippen LogP contribution is -1.84. The molecule has 0 N–H and O–H groups in total. The van der Waals surface area contributed by atoms with E-state index in [0.717, 1.165) is 19.4 Å². The maximum Gasteiger partial charge on any atom is 0.115 e. The van der Waals surface area contributed by atoms with Crippen molar-refractivity contribution in [2.75, 3.05) is 0 Å². The van der Waals surface area contributed by atoms with Crippen LogP contribution in [0, 0.1) is 6.92 Å². The molecule has 0 aliphatic rings. The van der Waals surface area contributed by atoms with E-state index in [9.17, 15) is 0 Å². The van der Waals surface area contributed by atoms with Gasteiger partial charge in [0.2, 0.25) is 0 Å². The standard InChI is InChI=1S/C12H9BrClNS/c1-8-5-6-15-12(11(8)13)16-10-4-2-3-9(14)7-10/h2-7H,1H3. The lowest BCUT2D eigenvalue weighted by atomic mass is 10.3. The molecule has 0 atom stereocenters. The number of hydrogen-bond acceptors (Lipinski definition) is 2. The van der Waals surface area contributed by atoms with Crippen LogP contribution in [0.15, 0.2) is 50.9 Å². The van der Waals surface area contributed by atoms with E-state index in [-0.39, 0.29) is 0 Å². The van der Waals surface area contributed by atoms with Gasteiger partial charge in [-0.25, -0.2) is 4.98 Å². The first-order valence-electron chi connectivity index (χ1n) is 4.71. The van der Waals surface area contributed by atoms with Crippen molar-refractivity contribution in [2.24, 2.45) is 0 Å². The van der Waals surface area contributed by atoms with Crippen LogP contribution >= 0.6 is 39.3 Å². The molecule has 0 unspecified atom stereocenters. The average Bonchev–Trinajstić information content (AvgIpc) is 2.25. The lowest BCUT2D eigenvalue weighted by Gasteiger charge is -2.05. The third-order valence-electron chi connectivity index (χ3n) is 2.06. The number of aryl methyl sites for hydroxylation is 1. The maximum atomic E-state index is 5.94. The van der Waals surface area contributed by atoms with Crippen molar-refractivity contribution in [1.29, 1.82) is 0 Å². The Morgan fingerprint density at radius 2 is 2.12 bits per heavy atom. The molecule has 1 aromatic carbocycles. The number of benzene rings is 1. The number of nitrogens with zero attached hydrogens (tertiary/aromatic N) is 1. The molecule has 0 amide bonds. The molecule has 0 bridgehead atoms. The van der Waals surface area contributed by atoms with Crippen LogP contribution in [0.2, 0.25) is 5.02 Å². The van der Waals surface area contributed by atoms with Gasteiger partial charge < -0.3 is 0 Å². The number of hydrogen-bond donors (Lipinski definition) is 0. The SMILES string of the molecule is Cc1ccnc(Sc2cccc(Cl)c2)c1Br. The second-order valence-corrected chi connectivity index (χ2v) is 5.60. The van der Waals surface area contributed by atoms with Gasteiger partial charge in [-0.15, -0.1) is 0 Å². The van der Waals surface area contributed by atoms with Gasteiger partial charge in [-0.1, -0.05) is 29.4 Å². The molecule has 1 aromatic heterocycles. The summed E-state index contributed by atoms with van der Waals surface area (Å²) in [5.74, 6) is 0. The molecular weight excluding hydrogens is 306 g/mol. The Bertz CT molecular complexity index is 516. The second-order valence-electron chi connectivity index (χ2n) is 3.31. The van der Waals surface area contributed by atoms with Crippen molar-refractivity contribution in [1.82, 2.24) is 4.98 Å². The van der Waals surface area contributed by atoms with Gasteiger partial charge in [-0.2, -0.15) is 0 Å². The van der Waals surface area contributed by atoms with Crippen LogP contribution in [0.3, 0.4) is 0 Å². The maximum absolute atomic E-state index is 5.94. The predicted octanol–water partition coefficient (Wildman–Crippen LogP) is 4.96. The highest BCUT2D eigenvalue weighted by molar-refractivity contribution is 9.10. The predicted molar refractivity (Wildman–Crippen MR) is 72.2 cm³/mol. The van der Waals surface area contributed by atoms with Gasteiger partial charge in [-0.3, -0.25) is 0 Å². The summed E-state index contributed by atoms with van der Waals surface area (Å²) in [6, 6.07) is 9.74. The molecule has 2 aromatic rings. The van der Waals surface area contributed by atoms with E-state index in [1.54, 1.807) is 11.8 Å². The van der Waals surface area contributed by atoms with Gasteiger partial charge in [-0.05, 0) is 52.7 Å². The van der Waals surface area contributed by atoms with Crippen LogP contribution in [0.25, 0.3) is 0 Å². The zero-order chi connectivity index (χ0) is 11.5. The third-order valence-corrected chi connectivity index (χ3v) is 4.55. The Morgan fingerprint density at radius 1 is 1.31 bits per heavy atom. The molecule has 4 heteroatoms. The first-order valence-corrected chi connectivity index (χ1v) is 6.70. The topological polar surface area (TPSA) is 12.9 Å². The molecule has 0 saturated carbocycles. The monoisotopic (exact) mass is 313 g/mol. The minimum absolute atomic E-state index is 0.744. The highest BCUT2D eigenvalue weighted by Gasteiger charge is 2.06. The number of rotatable bonds is 2. The van der Waals surface area contributed by atoms with Crippen molar-refractivity contribution in [3.8, 4) is 0 Å².